The molecule has 50 heavy (non-hydrogen) atoms. The van der Waals surface area contributed by atoms with E-state index in [1.165, 1.54) is 87.4 Å². The van der Waals surface area contributed by atoms with E-state index < -0.39 is 0 Å². The van der Waals surface area contributed by atoms with Crippen molar-refractivity contribution in [1.29, 1.82) is 0 Å². The van der Waals surface area contributed by atoms with Crippen LogP contribution >= 0.6 is 0 Å². The summed E-state index contributed by atoms with van der Waals surface area (Å²) in [5.41, 5.74) is 11.9. The molecule has 0 amide bonds. The van der Waals surface area contributed by atoms with Crippen molar-refractivity contribution in [3.8, 4) is 33.4 Å². The normalized spacial score (nSPS) is 13.6. The summed E-state index contributed by atoms with van der Waals surface area (Å²) < 4.78 is 7.22. The molecule has 234 valence electrons. The van der Waals surface area contributed by atoms with Crippen molar-refractivity contribution in [1.82, 2.24) is 0 Å². The smallest absolute Gasteiger partial charge is 0.143 e. The first kappa shape index (κ1) is 27.7. The molecule has 0 atom stereocenters. The van der Waals surface area contributed by atoms with E-state index in [9.17, 15) is 0 Å². The third-order valence-electron chi connectivity index (χ3n) is 11.4. The van der Waals surface area contributed by atoms with E-state index in [1.54, 1.807) is 0 Å². The van der Waals surface area contributed by atoms with Crippen LogP contribution in [0.1, 0.15) is 25.0 Å². The standard InChI is InChI=1S/C49H32O/c1-49(2)41-22-12-11-21-38(41)45-42(49)28-40(48-46(45)39-26-25-30-14-5-6-16-33(30)47(39)50-48)44-36-19-9-7-17-34(36)43(35-18-8-10-20-37(35)44)32-24-23-29-13-3-4-15-31(29)27-32/h3-28H,1-2H3. The zero-order valence-corrected chi connectivity index (χ0v) is 27.9. The molecule has 0 saturated heterocycles. The summed E-state index contributed by atoms with van der Waals surface area (Å²) in [6, 6.07) is 58.0. The molecule has 0 unspecified atom stereocenters. The molecule has 1 aliphatic carbocycles. The molecule has 1 heteroatoms. The van der Waals surface area contributed by atoms with Gasteiger partial charge >= 0.3 is 0 Å². The molecule has 9 aromatic carbocycles. The Bertz CT molecular complexity index is 3010. The van der Waals surface area contributed by atoms with Gasteiger partial charge in [-0.1, -0.05) is 153 Å². The molecule has 0 aliphatic heterocycles. The third kappa shape index (κ3) is 3.62. The zero-order valence-electron chi connectivity index (χ0n) is 27.9. The van der Waals surface area contributed by atoms with Crippen LogP contribution < -0.4 is 0 Å². The minimum Gasteiger partial charge on any atom is -0.455 e. The van der Waals surface area contributed by atoms with Crippen LogP contribution in [0.3, 0.4) is 0 Å². The van der Waals surface area contributed by atoms with E-state index in [0.29, 0.717) is 0 Å². The predicted molar refractivity (Wildman–Crippen MR) is 212 cm³/mol. The Hall–Kier alpha value is -6.18. The second-order valence-electron chi connectivity index (χ2n) is 14.4. The van der Waals surface area contributed by atoms with Gasteiger partial charge in [0.15, 0.2) is 0 Å². The number of fused-ring (bicyclic) bond motifs is 12. The largest absolute Gasteiger partial charge is 0.455 e. The van der Waals surface area contributed by atoms with Gasteiger partial charge in [0.2, 0.25) is 0 Å². The summed E-state index contributed by atoms with van der Waals surface area (Å²) in [5.74, 6) is 0. The van der Waals surface area contributed by atoms with Crippen LogP contribution in [0.4, 0.5) is 0 Å². The molecule has 1 heterocycles. The van der Waals surface area contributed by atoms with Gasteiger partial charge < -0.3 is 4.42 Å². The molecule has 0 saturated carbocycles. The molecule has 10 aromatic rings. The summed E-state index contributed by atoms with van der Waals surface area (Å²) in [6.45, 7) is 4.76. The highest BCUT2D eigenvalue weighted by atomic mass is 16.3. The molecule has 0 spiro atoms. The van der Waals surface area contributed by atoms with Crippen LogP contribution in [0.25, 0.3) is 98.4 Å². The minimum atomic E-state index is -0.175. The Balaban J connectivity index is 1.33. The van der Waals surface area contributed by atoms with Gasteiger partial charge in [0.25, 0.3) is 0 Å². The summed E-state index contributed by atoms with van der Waals surface area (Å²) in [7, 11) is 0. The number of rotatable bonds is 2. The molecule has 1 nitrogen and oxygen atoms in total. The van der Waals surface area contributed by atoms with Gasteiger partial charge in [-0.15, -0.1) is 0 Å². The highest BCUT2D eigenvalue weighted by molar-refractivity contribution is 6.28. The van der Waals surface area contributed by atoms with Crippen molar-refractivity contribution >= 4 is 65.0 Å². The maximum absolute atomic E-state index is 7.22. The van der Waals surface area contributed by atoms with Gasteiger partial charge in [0, 0.05) is 32.7 Å². The molecule has 0 radical (unpaired) electrons. The van der Waals surface area contributed by atoms with Crippen LogP contribution in [0.5, 0.6) is 0 Å². The number of hydrogen-bond acceptors (Lipinski definition) is 1. The molecule has 0 fully saturated rings. The highest BCUT2D eigenvalue weighted by Gasteiger charge is 2.39. The van der Waals surface area contributed by atoms with Crippen molar-refractivity contribution in [2.75, 3.05) is 0 Å². The van der Waals surface area contributed by atoms with Crippen molar-refractivity contribution < 1.29 is 4.42 Å². The number of furan rings is 1. The quantitative estimate of drug-likeness (QED) is 0.172. The lowest BCUT2D eigenvalue weighted by molar-refractivity contribution is 0.658. The Labute approximate surface area is 290 Å². The maximum Gasteiger partial charge on any atom is 0.143 e. The summed E-state index contributed by atoms with van der Waals surface area (Å²) in [4.78, 5) is 0. The lowest BCUT2D eigenvalue weighted by atomic mass is 9.79. The van der Waals surface area contributed by atoms with Gasteiger partial charge in [0.05, 0.1) is 0 Å². The van der Waals surface area contributed by atoms with Crippen molar-refractivity contribution in [2.24, 2.45) is 0 Å². The van der Waals surface area contributed by atoms with Crippen LogP contribution in [0.2, 0.25) is 0 Å². The van der Waals surface area contributed by atoms with Crippen molar-refractivity contribution in [3.05, 3.63) is 169 Å². The van der Waals surface area contributed by atoms with E-state index in [2.05, 4.69) is 172 Å². The average molecular weight is 637 g/mol. The van der Waals surface area contributed by atoms with Gasteiger partial charge in [-0.25, -0.2) is 0 Å². The molecule has 1 aliphatic rings. The summed E-state index contributed by atoms with van der Waals surface area (Å²) in [5, 5.41) is 12.2. The highest BCUT2D eigenvalue weighted by Crippen LogP contribution is 2.57. The van der Waals surface area contributed by atoms with Gasteiger partial charge in [-0.05, 0) is 89.3 Å². The summed E-state index contributed by atoms with van der Waals surface area (Å²) >= 11 is 0. The van der Waals surface area contributed by atoms with Crippen LogP contribution in [-0.4, -0.2) is 0 Å². The van der Waals surface area contributed by atoms with Crippen molar-refractivity contribution in [2.45, 2.75) is 19.3 Å². The monoisotopic (exact) mass is 636 g/mol. The van der Waals surface area contributed by atoms with Crippen LogP contribution in [-0.2, 0) is 5.41 Å². The molecule has 0 N–H and O–H groups in total. The first-order chi connectivity index (χ1) is 24.6. The Kier molecular flexibility index (Phi) is 5.51. The molecule has 11 rings (SSSR count). The lowest BCUT2D eigenvalue weighted by Crippen LogP contribution is -2.15. The second-order valence-corrected chi connectivity index (χ2v) is 14.4. The minimum absolute atomic E-state index is 0.175. The van der Waals surface area contributed by atoms with Crippen LogP contribution in [0, 0.1) is 0 Å². The average Bonchev–Trinajstić information content (AvgIpc) is 3.66. The Morgan fingerprint density at radius 2 is 0.960 bits per heavy atom. The fourth-order valence-corrected chi connectivity index (χ4v) is 9.10. The van der Waals surface area contributed by atoms with Gasteiger partial charge in [0.1, 0.15) is 11.2 Å². The Morgan fingerprint density at radius 3 is 1.70 bits per heavy atom. The first-order valence-electron chi connectivity index (χ1n) is 17.5. The van der Waals surface area contributed by atoms with Crippen LogP contribution in [0.15, 0.2) is 162 Å². The van der Waals surface area contributed by atoms with E-state index >= 15 is 0 Å². The Morgan fingerprint density at radius 1 is 0.380 bits per heavy atom. The topological polar surface area (TPSA) is 13.1 Å². The van der Waals surface area contributed by atoms with Gasteiger partial charge in [-0.2, -0.15) is 0 Å². The molecular weight excluding hydrogens is 605 g/mol. The maximum atomic E-state index is 7.22. The fourth-order valence-electron chi connectivity index (χ4n) is 9.10. The van der Waals surface area contributed by atoms with E-state index in [1.807, 2.05) is 0 Å². The van der Waals surface area contributed by atoms with E-state index in [0.717, 1.165) is 22.1 Å². The number of benzene rings is 9. The van der Waals surface area contributed by atoms with Gasteiger partial charge in [-0.3, -0.25) is 0 Å². The zero-order chi connectivity index (χ0) is 33.1. The van der Waals surface area contributed by atoms with E-state index in [-0.39, 0.29) is 5.41 Å². The van der Waals surface area contributed by atoms with E-state index in [4.69, 9.17) is 4.42 Å². The summed E-state index contributed by atoms with van der Waals surface area (Å²) in [6.07, 6.45) is 0. The second kappa shape index (κ2) is 9.94. The number of hydrogen-bond donors (Lipinski definition) is 0. The SMILES string of the molecule is CC1(C)c2ccccc2-c2c1cc(-c1c3ccccc3c(-c3ccc4ccccc4c3)c3ccccc13)c1oc3c4ccccc4ccc3c21. The van der Waals surface area contributed by atoms with Crippen molar-refractivity contribution in [3.63, 3.8) is 0 Å². The lowest BCUT2D eigenvalue weighted by Gasteiger charge is -2.23. The first-order valence-corrected chi connectivity index (χ1v) is 17.5. The predicted octanol–water partition coefficient (Wildman–Crippen LogP) is 13.8. The fraction of sp³-hybridized carbons (Fsp3) is 0.0612. The molecule has 1 aromatic heterocycles. The third-order valence-corrected chi connectivity index (χ3v) is 11.4. The molecular formula is C49H32O. The molecule has 0 bridgehead atoms.